The molecule has 2 N–H and O–H groups in total. The van der Waals surface area contributed by atoms with E-state index < -0.39 is 23.8 Å². The normalized spacial score (nSPS) is 11.8. The van der Waals surface area contributed by atoms with Crippen molar-refractivity contribution >= 4 is 29.4 Å². The number of thiophene rings is 1. The Morgan fingerprint density at radius 2 is 1.73 bits per heavy atom. The first-order chi connectivity index (χ1) is 19.2. The molecule has 9 nitrogen and oxygen atoms in total. The highest BCUT2D eigenvalue weighted by Gasteiger charge is 2.28. The van der Waals surface area contributed by atoms with E-state index in [-0.39, 0.29) is 12.5 Å². The molecule has 2 aromatic heterocycles. The maximum Gasteiger partial charge on any atom is 0.408 e. The smallest absolute Gasteiger partial charge is 0.408 e. The summed E-state index contributed by atoms with van der Waals surface area (Å²) < 4.78 is 10.7. The first-order valence-electron chi connectivity index (χ1n) is 13.3. The molecule has 2 heterocycles. The molecule has 0 bridgehead atoms. The van der Waals surface area contributed by atoms with Gasteiger partial charge in [0.1, 0.15) is 18.2 Å². The summed E-state index contributed by atoms with van der Waals surface area (Å²) in [4.78, 5) is 45.4. The van der Waals surface area contributed by atoms with Gasteiger partial charge >= 0.3 is 12.2 Å². The Bertz CT molecular complexity index is 1180. The van der Waals surface area contributed by atoms with E-state index in [4.69, 9.17) is 9.47 Å². The summed E-state index contributed by atoms with van der Waals surface area (Å²) in [6.45, 7) is 6.67. The molecular weight excluding hydrogens is 528 g/mol. The molecular formula is C30H38N4O5S. The topological polar surface area (TPSA) is 110 Å². The van der Waals surface area contributed by atoms with E-state index in [2.05, 4.69) is 15.6 Å². The van der Waals surface area contributed by atoms with Crippen LogP contribution in [0.2, 0.25) is 0 Å². The average molecular weight is 567 g/mol. The molecule has 1 unspecified atom stereocenters. The highest BCUT2D eigenvalue weighted by atomic mass is 32.1. The largest absolute Gasteiger partial charge is 0.445 e. The lowest BCUT2D eigenvalue weighted by atomic mass is 10.1. The maximum atomic E-state index is 13.8. The standard InChI is InChI=1S/C30H38N4O5S/c1-30(2,3)39-29(37)33-26(15-7-8-17-32-28(36)38-22-23-11-5-4-6-12-23)27(35)34(21-25-14-10-18-40-25)20-24-13-9-16-31-19-24/h4-6,9-14,16,18-19,26H,7-8,15,17,20-22H2,1-3H3,(H,32,36)(H,33,37). The van der Waals surface area contributed by atoms with Crippen LogP contribution >= 0.6 is 11.3 Å². The molecule has 0 saturated heterocycles. The minimum absolute atomic E-state index is 0.195. The van der Waals surface area contributed by atoms with Crippen molar-refractivity contribution in [2.45, 2.75) is 71.4 Å². The predicted octanol–water partition coefficient (Wildman–Crippen LogP) is 5.66. The number of benzene rings is 1. The van der Waals surface area contributed by atoms with Gasteiger partial charge in [-0.2, -0.15) is 0 Å². The number of alkyl carbamates (subject to hydrolysis) is 2. The van der Waals surface area contributed by atoms with Crippen LogP contribution in [0.5, 0.6) is 0 Å². The Morgan fingerprint density at radius 1 is 0.950 bits per heavy atom. The fourth-order valence-corrected chi connectivity index (χ4v) is 4.60. The summed E-state index contributed by atoms with van der Waals surface area (Å²) in [5.41, 5.74) is 1.10. The molecule has 3 aromatic rings. The number of nitrogens with one attached hydrogen (secondary N) is 2. The number of ether oxygens (including phenoxy) is 2. The lowest BCUT2D eigenvalue weighted by Crippen LogP contribution is -2.49. The Kier molecular flexibility index (Phi) is 12.0. The summed E-state index contributed by atoms with van der Waals surface area (Å²) >= 11 is 1.57. The van der Waals surface area contributed by atoms with Gasteiger partial charge in [0.2, 0.25) is 5.91 Å². The number of rotatable bonds is 13. The van der Waals surface area contributed by atoms with E-state index >= 15 is 0 Å². The molecule has 0 aliphatic rings. The fourth-order valence-electron chi connectivity index (χ4n) is 3.88. The SMILES string of the molecule is CC(C)(C)OC(=O)NC(CCCCNC(=O)OCc1ccccc1)C(=O)N(Cc1cccnc1)Cc1cccs1. The Hall–Kier alpha value is -3.92. The third kappa shape index (κ3) is 11.4. The van der Waals surface area contributed by atoms with Crippen LogP contribution in [-0.4, -0.2) is 46.2 Å². The number of carbonyl (C=O) groups is 3. The minimum Gasteiger partial charge on any atom is -0.445 e. The molecule has 3 rings (SSSR count). The van der Waals surface area contributed by atoms with Crippen LogP contribution in [0.3, 0.4) is 0 Å². The second-order valence-corrected chi connectivity index (χ2v) is 11.4. The van der Waals surface area contributed by atoms with Gasteiger partial charge in [-0.05, 0) is 68.7 Å². The van der Waals surface area contributed by atoms with Gasteiger partial charge in [-0.3, -0.25) is 9.78 Å². The number of hydrogen-bond acceptors (Lipinski definition) is 7. The number of hydrogen-bond donors (Lipinski definition) is 2. The molecule has 40 heavy (non-hydrogen) atoms. The van der Waals surface area contributed by atoms with Crippen molar-refractivity contribution in [3.63, 3.8) is 0 Å². The quantitative estimate of drug-likeness (QED) is 0.258. The zero-order valence-corrected chi connectivity index (χ0v) is 24.1. The molecule has 0 spiro atoms. The maximum absolute atomic E-state index is 13.8. The van der Waals surface area contributed by atoms with E-state index in [0.29, 0.717) is 38.9 Å². The van der Waals surface area contributed by atoms with Crippen LogP contribution in [0.4, 0.5) is 9.59 Å². The van der Waals surface area contributed by atoms with Crippen LogP contribution in [-0.2, 0) is 34.0 Å². The second kappa shape index (κ2) is 15.6. The molecule has 0 aliphatic heterocycles. The summed E-state index contributed by atoms with van der Waals surface area (Å²) in [7, 11) is 0. The van der Waals surface area contributed by atoms with Crippen molar-refractivity contribution in [3.8, 4) is 0 Å². The highest BCUT2D eigenvalue weighted by molar-refractivity contribution is 7.09. The lowest BCUT2D eigenvalue weighted by molar-refractivity contribution is -0.135. The van der Waals surface area contributed by atoms with Crippen LogP contribution in [0, 0.1) is 0 Å². The van der Waals surface area contributed by atoms with Crippen molar-refractivity contribution in [1.29, 1.82) is 0 Å². The monoisotopic (exact) mass is 566 g/mol. The molecule has 1 atom stereocenters. The number of carbonyl (C=O) groups excluding carboxylic acids is 3. The second-order valence-electron chi connectivity index (χ2n) is 10.3. The van der Waals surface area contributed by atoms with E-state index in [1.54, 1.807) is 49.4 Å². The zero-order chi connectivity index (χ0) is 28.8. The number of aromatic nitrogens is 1. The number of pyridine rings is 1. The number of amides is 3. The van der Waals surface area contributed by atoms with E-state index in [1.807, 2.05) is 60.0 Å². The Balaban J connectivity index is 1.59. The number of nitrogens with zero attached hydrogens (tertiary/aromatic N) is 2. The predicted molar refractivity (Wildman–Crippen MR) is 154 cm³/mol. The lowest BCUT2D eigenvalue weighted by Gasteiger charge is -2.29. The van der Waals surface area contributed by atoms with Gasteiger partial charge < -0.3 is 25.0 Å². The minimum atomic E-state index is -0.795. The van der Waals surface area contributed by atoms with Gasteiger partial charge in [0.25, 0.3) is 0 Å². The van der Waals surface area contributed by atoms with Crippen molar-refractivity contribution in [2.75, 3.05) is 6.54 Å². The van der Waals surface area contributed by atoms with Crippen molar-refractivity contribution in [2.24, 2.45) is 0 Å². The molecule has 214 valence electrons. The third-order valence-electron chi connectivity index (χ3n) is 5.73. The van der Waals surface area contributed by atoms with Crippen molar-refractivity contribution in [3.05, 3.63) is 88.4 Å². The van der Waals surface area contributed by atoms with Crippen LogP contribution in [0.15, 0.2) is 72.4 Å². The van der Waals surface area contributed by atoms with Crippen LogP contribution in [0.25, 0.3) is 0 Å². The van der Waals surface area contributed by atoms with E-state index in [9.17, 15) is 14.4 Å². The van der Waals surface area contributed by atoms with E-state index in [0.717, 1.165) is 16.0 Å². The van der Waals surface area contributed by atoms with Crippen LogP contribution < -0.4 is 10.6 Å². The Labute approximate surface area is 239 Å². The first-order valence-corrected chi connectivity index (χ1v) is 14.2. The zero-order valence-electron chi connectivity index (χ0n) is 23.3. The van der Waals surface area contributed by atoms with Gasteiger partial charge in [-0.25, -0.2) is 9.59 Å². The summed E-state index contributed by atoms with van der Waals surface area (Å²) in [5.74, 6) is -0.210. The molecule has 0 saturated carbocycles. The molecule has 1 aromatic carbocycles. The van der Waals surface area contributed by atoms with Crippen molar-refractivity contribution < 1.29 is 23.9 Å². The van der Waals surface area contributed by atoms with Gasteiger partial charge in [-0.15, -0.1) is 11.3 Å². The number of unbranched alkanes of at least 4 members (excludes halogenated alkanes) is 1. The first kappa shape index (κ1) is 30.6. The van der Waals surface area contributed by atoms with Gasteiger partial charge in [0.05, 0.1) is 6.54 Å². The van der Waals surface area contributed by atoms with Gasteiger partial charge in [-0.1, -0.05) is 42.5 Å². The molecule has 0 aliphatic carbocycles. The third-order valence-corrected chi connectivity index (χ3v) is 6.59. The molecule has 0 fully saturated rings. The summed E-state index contributed by atoms with van der Waals surface area (Å²) in [6, 6.07) is 16.3. The fraction of sp³-hybridized carbons (Fsp3) is 0.400. The molecule has 10 heteroatoms. The van der Waals surface area contributed by atoms with Crippen LogP contribution in [0.1, 0.15) is 56.0 Å². The summed E-state index contributed by atoms with van der Waals surface area (Å²) in [6.07, 6.45) is 3.85. The van der Waals surface area contributed by atoms with Gasteiger partial charge in [0, 0.05) is 30.4 Å². The Morgan fingerprint density at radius 3 is 2.40 bits per heavy atom. The highest BCUT2D eigenvalue weighted by Crippen LogP contribution is 2.17. The van der Waals surface area contributed by atoms with E-state index in [1.165, 1.54) is 0 Å². The average Bonchev–Trinajstić information content (AvgIpc) is 3.44. The van der Waals surface area contributed by atoms with Crippen molar-refractivity contribution in [1.82, 2.24) is 20.5 Å². The molecule has 3 amide bonds. The summed E-state index contributed by atoms with van der Waals surface area (Å²) in [5, 5.41) is 7.49. The van der Waals surface area contributed by atoms with Gasteiger partial charge in [0.15, 0.2) is 0 Å². The molecule has 0 radical (unpaired) electrons.